The van der Waals surface area contributed by atoms with Gasteiger partial charge in [-0.25, -0.2) is 24.3 Å². The Morgan fingerprint density at radius 3 is 2.53 bits per heavy atom. The van der Waals surface area contributed by atoms with E-state index in [9.17, 15) is 9.18 Å². The van der Waals surface area contributed by atoms with E-state index in [-0.39, 0.29) is 10.9 Å². The number of nitrogens with one attached hydrogen (secondary N) is 2. The SMILES string of the molecule is O=C(c1ccc(Nc2ncc3ncnc(Nc4ccc(F)c(Cl)c4)c3n2)cc1)N1CCOCC1. The molecule has 1 amide bonds. The molecule has 3 heterocycles. The maximum Gasteiger partial charge on any atom is 0.254 e. The molecule has 0 radical (unpaired) electrons. The number of rotatable bonds is 5. The van der Waals surface area contributed by atoms with Crippen molar-refractivity contribution >= 4 is 51.7 Å². The van der Waals surface area contributed by atoms with Crippen LogP contribution in [0.15, 0.2) is 55.0 Å². The van der Waals surface area contributed by atoms with E-state index >= 15 is 0 Å². The van der Waals surface area contributed by atoms with Gasteiger partial charge < -0.3 is 20.3 Å². The summed E-state index contributed by atoms with van der Waals surface area (Å²) < 4.78 is 18.8. The summed E-state index contributed by atoms with van der Waals surface area (Å²) in [5.41, 5.74) is 2.88. The van der Waals surface area contributed by atoms with Crippen LogP contribution in [0.1, 0.15) is 10.4 Å². The second-order valence-corrected chi connectivity index (χ2v) is 7.92. The molecule has 5 rings (SSSR count). The highest BCUT2D eigenvalue weighted by atomic mass is 35.5. The summed E-state index contributed by atoms with van der Waals surface area (Å²) in [5.74, 6) is 0.219. The number of hydrogen-bond donors (Lipinski definition) is 2. The van der Waals surface area contributed by atoms with Gasteiger partial charge in [-0.15, -0.1) is 0 Å². The molecule has 11 heteroatoms. The van der Waals surface area contributed by atoms with Crippen LogP contribution in [-0.2, 0) is 4.74 Å². The third-order valence-electron chi connectivity index (χ3n) is 5.25. The molecule has 4 aromatic rings. The molecule has 2 N–H and O–H groups in total. The van der Waals surface area contributed by atoms with Gasteiger partial charge in [0.1, 0.15) is 23.2 Å². The highest BCUT2D eigenvalue weighted by Gasteiger charge is 2.18. The lowest BCUT2D eigenvalue weighted by Gasteiger charge is -2.26. The van der Waals surface area contributed by atoms with Crippen LogP contribution in [0.25, 0.3) is 11.0 Å². The Balaban J connectivity index is 1.35. The van der Waals surface area contributed by atoms with Gasteiger partial charge in [0.2, 0.25) is 5.95 Å². The van der Waals surface area contributed by atoms with Crippen LogP contribution >= 0.6 is 11.6 Å². The van der Waals surface area contributed by atoms with Gasteiger partial charge in [-0.1, -0.05) is 11.6 Å². The first-order chi connectivity index (χ1) is 16.6. The number of morpholine rings is 1. The first kappa shape index (κ1) is 21.9. The number of amides is 1. The Kier molecular flexibility index (Phi) is 6.15. The van der Waals surface area contributed by atoms with Crippen LogP contribution in [0.3, 0.4) is 0 Å². The number of nitrogens with zero attached hydrogens (tertiary/aromatic N) is 5. The number of anilines is 4. The van der Waals surface area contributed by atoms with Gasteiger partial charge in [-0.3, -0.25) is 4.79 Å². The van der Waals surface area contributed by atoms with Crippen LogP contribution in [-0.4, -0.2) is 57.0 Å². The highest BCUT2D eigenvalue weighted by molar-refractivity contribution is 6.31. The van der Waals surface area contributed by atoms with E-state index in [0.29, 0.717) is 60.4 Å². The van der Waals surface area contributed by atoms with E-state index in [2.05, 4.69) is 30.6 Å². The van der Waals surface area contributed by atoms with Gasteiger partial charge in [0.05, 0.1) is 24.4 Å². The fourth-order valence-electron chi connectivity index (χ4n) is 3.49. The molecule has 0 saturated carbocycles. The first-order valence-electron chi connectivity index (χ1n) is 10.5. The van der Waals surface area contributed by atoms with E-state index in [4.69, 9.17) is 16.3 Å². The average molecular weight is 480 g/mol. The highest BCUT2D eigenvalue weighted by Crippen LogP contribution is 2.26. The molecular formula is C23H19ClFN7O2. The van der Waals surface area contributed by atoms with Crippen molar-refractivity contribution in [2.75, 3.05) is 36.9 Å². The van der Waals surface area contributed by atoms with Crippen molar-refractivity contribution < 1.29 is 13.9 Å². The standard InChI is InChI=1S/C23H19ClFN7O2/c24-17-11-16(5-6-18(17)25)29-21-20-19(27-13-28-21)12-26-23(31-20)30-15-3-1-14(2-4-15)22(33)32-7-9-34-10-8-32/h1-6,11-13H,7-10H2,(H,26,30,31)(H,27,28,29). The molecule has 9 nitrogen and oxygen atoms in total. The Bertz CT molecular complexity index is 1350. The number of carbonyl (C=O) groups excluding carboxylic acids is 1. The number of ether oxygens (including phenoxy) is 1. The summed E-state index contributed by atoms with van der Waals surface area (Å²) in [6, 6.07) is 11.4. The quantitative estimate of drug-likeness (QED) is 0.439. The molecule has 34 heavy (non-hydrogen) atoms. The maximum atomic E-state index is 13.5. The van der Waals surface area contributed by atoms with Crippen molar-refractivity contribution in [2.45, 2.75) is 0 Å². The molecule has 0 bridgehead atoms. The third-order valence-corrected chi connectivity index (χ3v) is 5.54. The number of halogens is 2. The van der Waals surface area contributed by atoms with Crippen LogP contribution in [0, 0.1) is 5.82 Å². The number of carbonyl (C=O) groups is 1. The van der Waals surface area contributed by atoms with E-state index in [0.717, 1.165) is 5.69 Å². The smallest absolute Gasteiger partial charge is 0.254 e. The minimum atomic E-state index is -0.508. The fraction of sp³-hybridized carbons (Fsp3) is 0.174. The normalized spacial score (nSPS) is 13.6. The summed E-state index contributed by atoms with van der Waals surface area (Å²) in [5, 5.41) is 6.21. The van der Waals surface area contributed by atoms with Gasteiger partial charge in [0.25, 0.3) is 5.91 Å². The van der Waals surface area contributed by atoms with Gasteiger partial charge in [-0.05, 0) is 42.5 Å². The lowest BCUT2D eigenvalue weighted by molar-refractivity contribution is 0.0303. The van der Waals surface area contributed by atoms with Crippen molar-refractivity contribution in [3.05, 3.63) is 71.4 Å². The second-order valence-electron chi connectivity index (χ2n) is 7.51. The first-order valence-corrected chi connectivity index (χ1v) is 10.9. The minimum absolute atomic E-state index is 0.00380. The van der Waals surface area contributed by atoms with Crippen molar-refractivity contribution in [1.29, 1.82) is 0 Å². The Labute approximate surface area is 199 Å². The molecule has 2 aromatic heterocycles. The predicted molar refractivity (Wildman–Crippen MR) is 126 cm³/mol. The third kappa shape index (κ3) is 4.73. The fourth-order valence-corrected chi connectivity index (χ4v) is 3.67. The summed E-state index contributed by atoms with van der Waals surface area (Å²) >= 11 is 5.88. The molecule has 2 aromatic carbocycles. The number of aromatic nitrogens is 4. The minimum Gasteiger partial charge on any atom is -0.378 e. The molecular weight excluding hydrogens is 461 g/mol. The summed E-state index contributed by atoms with van der Waals surface area (Å²) in [4.78, 5) is 31.7. The zero-order valence-corrected chi connectivity index (χ0v) is 18.6. The number of fused-ring (bicyclic) bond motifs is 1. The van der Waals surface area contributed by atoms with E-state index < -0.39 is 5.82 Å². The maximum absolute atomic E-state index is 13.5. The topological polar surface area (TPSA) is 105 Å². The van der Waals surface area contributed by atoms with E-state index in [1.165, 1.54) is 18.5 Å². The lowest BCUT2D eigenvalue weighted by atomic mass is 10.1. The lowest BCUT2D eigenvalue weighted by Crippen LogP contribution is -2.40. The van der Waals surface area contributed by atoms with Crippen molar-refractivity contribution in [3.8, 4) is 0 Å². The predicted octanol–water partition coefficient (Wildman–Crippen LogP) is 4.17. The second kappa shape index (κ2) is 9.54. The monoisotopic (exact) mass is 479 g/mol. The average Bonchev–Trinajstić information content (AvgIpc) is 2.87. The molecule has 0 atom stereocenters. The van der Waals surface area contributed by atoms with Crippen molar-refractivity contribution in [3.63, 3.8) is 0 Å². The molecule has 1 aliphatic heterocycles. The molecule has 0 spiro atoms. The molecule has 1 aliphatic rings. The van der Waals surface area contributed by atoms with Gasteiger partial charge >= 0.3 is 0 Å². The summed E-state index contributed by atoms with van der Waals surface area (Å²) in [6.07, 6.45) is 2.96. The van der Waals surface area contributed by atoms with E-state index in [1.54, 1.807) is 41.4 Å². The van der Waals surface area contributed by atoms with Gasteiger partial charge in [-0.2, -0.15) is 0 Å². The number of hydrogen-bond acceptors (Lipinski definition) is 8. The Morgan fingerprint density at radius 1 is 1.00 bits per heavy atom. The van der Waals surface area contributed by atoms with E-state index in [1.807, 2.05) is 0 Å². The zero-order chi connectivity index (χ0) is 23.5. The summed E-state index contributed by atoms with van der Waals surface area (Å²) in [6.45, 7) is 2.29. The Hall–Kier alpha value is -3.89. The van der Waals surface area contributed by atoms with Crippen LogP contribution < -0.4 is 10.6 Å². The molecule has 172 valence electrons. The van der Waals surface area contributed by atoms with Crippen LogP contribution in [0.4, 0.5) is 27.5 Å². The molecule has 1 saturated heterocycles. The summed E-state index contributed by atoms with van der Waals surface area (Å²) in [7, 11) is 0. The zero-order valence-electron chi connectivity index (χ0n) is 17.8. The van der Waals surface area contributed by atoms with Crippen LogP contribution in [0.2, 0.25) is 5.02 Å². The van der Waals surface area contributed by atoms with Gasteiger partial charge in [0, 0.05) is 30.0 Å². The van der Waals surface area contributed by atoms with Crippen molar-refractivity contribution in [2.24, 2.45) is 0 Å². The molecule has 0 aliphatic carbocycles. The Morgan fingerprint density at radius 2 is 1.76 bits per heavy atom. The largest absolute Gasteiger partial charge is 0.378 e. The van der Waals surface area contributed by atoms with Gasteiger partial charge in [0.15, 0.2) is 5.82 Å². The molecule has 1 fully saturated rings. The van der Waals surface area contributed by atoms with Crippen molar-refractivity contribution in [1.82, 2.24) is 24.8 Å². The molecule has 0 unspecified atom stereocenters. The van der Waals surface area contributed by atoms with Crippen LogP contribution in [0.5, 0.6) is 0 Å². The number of benzene rings is 2.